The Hall–Kier alpha value is -2.87. The minimum absolute atomic E-state index is 0.283. The number of nitrogens with two attached hydrogens (primary N) is 1. The summed E-state index contributed by atoms with van der Waals surface area (Å²) in [5, 5.41) is 23.7. The van der Waals surface area contributed by atoms with Crippen LogP contribution in [0.5, 0.6) is 0 Å². The zero-order valence-corrected chi connectivity index (χ0v) is 13.5. The zero-order chi connectivity index (χ0) is 17.3. The quantitative estimate of drug-likeness (QED) is 0.858. The van der Waals surface area contributed by atoms with Gasteiger partial charge in [0.15, 0.2) is 6.19 Å². The number of nitrogens with zero attached hydrogens (tertiary/aromatic N) is 3. The van der Waals surface area contributed by atoms with E-state index < -0.39 is 10.0 Å². The Kier molecular flexibility index (Phi) is 3.98. The summed E-state index contributed by atoms with van der Waals surface area (Å²) < 4.78 is 22.9. The fourth-order valence-corrected chi connectivity index (χ4v) is 3.65. The summed E-state index contributed by atoms with van der Waals surface area (Å²) in [5.41, 5.74) is 4.40. The molecule has 7 heteroatoms. The summed E-state index contributed by atoms with van der Waals surface area (Å²) in [5.74, 6) is -0.283. The van der Waals surface area contributed by atoms with Gasteiger partial charge in [-0.05, 0) is 39.9 Å². The van der Waals surface area contributed by atoms with Gasteiger partial charge in [0.1, 0.15) is 0 Å². The lowest BCUT2D eigenvalue weighted by Crippen LogP contribution is -2.14. The van der Waals surface area contributed by atoms with Crippen molar-refractivity contribution in [3.8, 4) is 23.4 Å². The van der Waals surface area contributed by atoms with Gasteiger partial charge in [0.05, 0.1) is 30.5 Å². The Morgan fingerprint density at radius 3 is 2.54 bits per heavy atom. The predicted octanol–water partition coefficient (Wildman–Crippen LogP) is 1.81. The van der Waals surface area contributed by atoms with Crippen LogP contribution in [0.2, 0.25) is 0 Å². The van der Waals surface area contributed by atoms with Gasteiger partial charge in [-0.2, -0.15) is 10.5 Å². The summed E-state index contributed by atoms with van der Waals surface area (Å²) in [4.78, 5) is 1.59. The molecule has 0 fully saturated rings. The van der Waals surface area contributed by atoms with Crippen molar-refractivity contribution >= 4 is 10.0 Å². The Morgan fingerprint density at radius 2 is 1.88 bits per heavy atom. The van der Waals surface area contributed by atoms with E-state index >= 15 is 0 Å². The molecule has 0 bridgehead atoms. The largest absolute Gasteiger partial charge is 0.302 e. The summed E-state index contributed by atoms with van der Waals surface area (Å²) in [7, 11) is -3.67. The van der Waals surface area contributed by atoms with E-state index in [0.29, 0.717) is 24.2 Å². The Labute approximate surface area is 140 Å². The molecule has 0 saturated carbocycles. The molecule has 0 aromatic heterocycles. The first-order chi connectivity index (χ1) is 11.4. The highest BCUT2D eigenvalue weighted by molar-refractivity contribution is 7.88. The molecule has 0 spiro atoms. The third kappa shape index (κ3) is 3.09. The van der Waals surface area contributed by atoms with Crippen LogP contribution in [-0.4, -0.2) is 13.3 Å². The first kappa shape index (κ1) is 16.0. The molecule has 1 heterocycles. The SMILES string of the molecule is N#Cc1ccccc1-c1cc(CS(N)(=O)=O)cc2c1CN(C#N)C2. The average molecular weight is 338 g/mol. The summed E-state index contributed by atoms with van der Waals surface area (Å²) >= 11 is 0. The smallest absolute Gasteiger partial charge is 0.213 e. The normalized spacial score (nSPS) is 13.2. The Morgan fingerprint density at radius 1 is 1.12 bits per heavy atom. The maximum absolute atomic E-state index is 11.5. The van der Waals surface area contributed by atoms with Crippen molar-refractivity contribution in [3.63, 3.8) is 0 Å². The van der Waals surface area contributed by atoms with Crippen LogP contribution in [0.25, 0.3) is 11.1 Å². The lowest BCUT2D eigenvalue weighted by atomic mass is 9.92. The van der Waals surface area contributed by atoms with Gasteiger partial charge in [-0.15, -0.1) is 0 Å². The zero-order valence-electron chi connectivity index (χ0n) is 12.7. The molecule has 2 aromatic carbocycles. The van der Waals surface area contributed by atoms with Crippen molar-refractivity contribution in [1.29, 1.82) is 10.5 Å². The molecule has 3 rings (SSSR count). The highest BCUT2D eigenvalue weighted by Crippen LogP contribution is 2.35. The average Bonchev–Trinajstić information content (AvgIpc) is 2.95. The van der Waals surface area contributed by atoms with Crippen molar-refractivity contribution in [2.24, 2.45) is 5.14 Å². The first-order valence-electron chi connectivity index (χ1n) is 7.20. The molecule has 1 aliphatic rings. The van der Waals surface area contributed by atoms with Gasteiger partial charge in [0, 0.05) is 0 Å². The maximum Gasteiger partial charge on any atom is 0.213 e. The highest BCUT2D eigenvalue weighted by Gasteiger charge is 2.24. The van der Waals surface area contributed by atoms with Crippen molar-refractivity contribution in [2.75, 3.05) is 0 Å². The second-order valence-electron chi connectivity index (χ2n) is 5.70. The molecule has 0 saturated heterocycles. The first-order valence-corrected chi connectivity index (χ1v) is 8.92. The second-order valence-corrected chi connectivity index (χ2v) is 7.32. The maximum atomic E-state index is 11.5. The number of sulfonamides is 1. The minimum Gasteiger partial charge on any atom is -0.302 e. The number of hydrogen-bond acceptors (Lipinski definition) is 5. The van der Waals surface area contributed by atoms with Gasteiger partial charge in [0.2, 0.25) is 10.0 Å². The molecule has 24 heavy (non-hydrogen) atoms. The molecule has 2 aromatic rings. The third-order valence-corrected chi connectivity index (χ3v) is 4.69. The lowest BCUT2D eigenvalue weighted by molar-refractivity contribution is 0.417. The van der Waals surface area contributed by atoms with Crippen LogP contribution >= 0.6 is 0 Å². The molecule has 120 valence electrons. The summed E-state index contributed by atoms with van der Waals surface area (Å²) in [6.07, 6.45) is 2.11. The number of nitriles is 2. The molecular weight excluding hydrogens is 324 g/mol. The molecule has 2 N–H and O–H groups in total. The van der Waals surface area contributed by atoms with E-state index in [4.69, 9.17) is 10.4 Å². The topological polar surface area (TPSA) is 111 Å². The molecule has 0 unspecified atom stereocenters. The molecule has 0 aliphatic carbocycles. The van der Waals surface area contributed by atoms with E-state index in [-0.39, 0.29) is 5.75 Å². The van der Waals surface area contributed by atoms with Gasteiger partial charge in [-0.25, -0.2) is 13.6 Å². The second kappa shape index (κ2) is 5.97. The molecule has 0 amide bonds. The molecule has 0 atom stereocenters. The number of fused-ring (bicyclic) bond motifs is 1. The van der Waals surface area contributed by atoms with Crippen molar-refractivity contribution in [2.45, 2.75) is 18.8 Å². The van der Waals surface area contributed by atoms with Crippen LogP contribution < -0.4 is 5.14 Å². The number of hydrogen-bond donors (Lipinski definition) is 1. The fourth-order valence-electron chi connectivity index (χ4n) is 3.02. The van der Waals surface area contributed by atoms with Crippen LogP contribution in [0, 0.1) is 22.8 Å². The summed E-state index contributed by atoms with van der Waals surface area (Å²) in [6, 6.07) is 12.8. The molecule has 1 aliphatic heterocycles. The molecular formula is C17H14N4O2S. The van der Waals surface area contributed by atoms with Gasteiger partial charge >= 0.3 is 0 Å². The van der Waals surface area contributed by atoms with Gasteiger partial charge in [-0.1, -0.05) is 24.3 Å². The van der Waals surface area contributed by atoms with Crippen LogP contribution in [0.1, 0.15) is 22.3 Å². The van der Waals surface area contributed by atoms with E-state index in [1.807, 2.05) is 12.1 Å². The number of benzene rings is 2. The van der Waals surface area contributed by atoms with E-state index in [2.05, 4.69) is 12.3 Å². The minimum atomic E-state index is -3.67. The monoisotopic (exact) mass is 338 g/mol. The van der Waals surface area contributed by atoms with E-state index in [9.17, 15) is 13.7 Å². The van der Waals surface area contributed by atoms with Gasteiger partial charge < -0.3 is 4.90 Å². The van der Waals surface area contributed by atoms with Crippen LogP contribution in [-0.2, 0) is 28.9 Å². The van der Waals surface area contributed by atoms with Crippen molar-refractivity contribution in [1.82, 2.24) is 4.90 Å². The molecule has 0 radical (unpaired) electrons. The lowest BCUT2D eigenvalue weighted by Gasteiger charge is -2.12. The van der Waals surface area contributed by atoms with Crippen molar-refractivity contribution < 1.29 is 8.42 Å². The number of rotatable bonds is 3. The van der Waals surface area contributed by atoms with Gasteiger partial charge in [0.25, 0.3) is 0 Å². The fraction of sp³-hybridized carbons (Fsp3) is 0.176. The Balaban J connectivity index is 2.22. The van der Waals surface area contributed by atoms with Crippen LogP contribution in [0.4, 0.5) is 0 Å². The van der Waals surface area contributed by atoms with Crippen LogP contribution in [0.3, 0.4) is 0 Å². The Bertz CT molecular complexity index is 1000. The van der Waals surface area contributed by atoms with Crippen molar-refractivity contribution in [3.05, 3.63) is 58.7 Å². The number of primary sulfonamides is 1. The van der Waals surface area contributed by atoms with E-state index in [1.165, 1.54) is 0 Å². The third-order valence-electron chi connectivity index (χ3n) is 3.96. The highest BCUT2D eigenvalue weighted by atomic mass is 32.2. The van der Waals surface area contributed by atoms with E-state index in [1.54, 1.807) is 29.2 Å². The van der Waals surface area contributed by atoms with Gasteiger partial charge in [-0.3, -0.25) is 0 Å². The predicted molar refractivity (Wildman–Crippen MR) is 88.3 cm³/mol. The summed E-state index contributed by atoms with van der Waals surface area (Å²) in [6.45, 7) is 0.864. The molecule has 6 nitrogen and oxygen atoms in total. The van der Waals surface area contributed by atoms with Crippen LogP contribution in [0.15, 0.2) is 36.4 Å². The standard InChI is InChI=1S/C17H14N4O2S/c18-7-13-3-1-2-4-15(13)16-6-12(10-24(20,22)23)5-14-8-21(11-19)9-17(14)16/h1-6H,8-10H2,(H2,20,22,23). The van der Waals surface area contributed by atoms with E-state index in [0.717, 1.165) is 22.3 Å².